The molecular formula is C11H14BrNO4S. The van der Waals surface area contributed by atoms with E-state index in [1.165, 1.54) is 13.0 Å². The summed E-state index contributed by atoms with van der Waals surface area (Å²) in [7, 11) is -3.60. The monoisotopic (exact) mass is 335 g/mol. The van der Waals surface area contributed by atoms with Crippen LogP contribution in [-0.2, 0) is 14.8 Å². The second-order valence-electron chi connectivity index (χ2n) is 3.86. The smallest absolute Gasteiger partial charge is 0.306 e. The third kappa shape index (κ3) is 4.08. The van der Waals surface area contributed by atoms with Gasteiger partial charge in [-0.3, -0.25) is 4.79 Å². The number of carboxylic acid groups (broad SMARTS) is 1. The first-order valence-electron chi connectivity index (χ1n) is 5.31. The van der Waals surface area contributed by atoms with Gasteiger partial charge in [0.1, 0.15) is 0 Å². The number of aliphatic carboxylic acids is 1. The van der Waals surface area contributed by atoms with Crippen molar-refractivity contribution >= 4 is 31.9 Å². The highest BCUT2D eigenvalue weighted by atomic mass is 79.9. The van der Waals surface area contributed by atoms with Gasteiger partial charge in [-0.2, -0.15) is 0 Å². The minimum Gasteiger partial charge on any atom is -0.481 e. The molecule has 100 valence electrons. The lowest BCUT2D eigenvalue weighted by Gasteiger charge is -2.09. The first kappa shape index (κ1) is 15.1. The molecule has 1 unspecified atom stereocenters. The summed E-state index contributed by atoms with van der Waals surface area (Å²) in [5, 5.41) is 8.69. The molecule has 0 radical (unpaired) electrons. The topological polar surface area (TPSA) is 83.5 Å². The van der Waals surface area contributed by atoms with Gasteiger partial charge in [0.15, 0.2) is 0 Å². The van der Waals surface area contributed by atoms with Crippen LogP contribution in [0, 0.1) is 5.92 Å². The van der Waals surface area contributed by atoms with Gasteiger partial charge in [-0.15, -0.1) is 0 Å². The van der Waals surface area contributed by atoms with Crippen molar-refractivity contribution in [1.82, 2.24) is 4.72 Å². The van der Waals surface area contributed by atoms with Crippen molar-refractivity contribution in [3.05, 3.63) is 28.7 Å². The second-order valence-corrected chi connectivity index (χ2v) is 6.45. The Bertz CT molecular complexity index is 530. The molecule has 0 aliphatic rings. The zero-order valence-electron chi connectivity index (χ0n) is 9.76. The first-order chi connectivity index (χ1) is 8.34. The van der Waals surface area contributed by atoms with Gasteiger partial charge in [0.2, 0.25) is 10.0 Å². The molecule has 18 heavy (non-hydrogen) atoms. The highest BCUT2D eigenvalue weighted by Crippen LogP contribution is 2.20. The molecule has 0 spiro atoms. The largest absolute Gasteiger partial charge is 0.481 e. The molecule has 0 fully saturated rings. The minimum atomic E-state index is -3.60. The SMILES string of the molecule is CC(CCNS(=O)(=O)c1ccccc1Br)C(=O)O. The van der Waals surface area contributed by atoms with E-state index in [2.05, 4.69) is 20.7 Å². The molecule has 0 saturated carbocycles. The average molecular weight is 336 g/mol. The Hall–Kier alpha value is -0.920. The van der Waals surface area contributed by atoms with E-state index in [-0.39, 0.29) is 17.9 Å². The molecule has 2 N–H and O–H groups in total. The lowest BCUT2D eigenvalue weighted by molar-refractivity contribution is -0.141. The van der Waals surface area contributed by atoms with Crippen LogP contribution in [0.2, 0.25) is 0 Å². The van der Waals surface area contributed by atoms with Gasteiger partial charge in [-0.05, 0) is 34.5 Å². The lowest BCUT2D eigenvalue weighted by Crippen LogP contribution is -2.27. The maximum Gasteiger partial charge on any atom is 0.306 e. The number of hydrogen-bond acceptors (Lipinski definition) is 3. The zero-order valence-corrected chi connectivity index (χ0v) is 12.2. The van der Waals surface area contributed by atoms with Crippen LogP contribution in [0.25, 0.3) is 0 Å². The van der Waals surface area contributed by atoms with Crippen molar-refractivity contribution in [2.45, 2.75) is 18.2 Å². The number of sulfonamides is 1. The van der Waals surface area contributed by atoms with Gasteiger partial charge >= 0.3 is 5.97 Å². The van der Waals surface area contributed by atoms with Crippen LogP contribution in [0.1, 0.15) is 13.3 Å². The van der Waals surface area contributed by atoms with E-state index in [1.54, 1.807) is 18.2 Å². The summed E-state index contributed by atoms with van der Waals surface area (Å²) in [5.74, 6) is -1.51. The standard InChI is InChI=1S/C11H14BrNO4S/c1-8(11(14)15)6-7-13-18(16,17)10-5-3-2-4-9(10)12/h2-5,8,13H,6-7H2,1H3,(H,14,15). The van der Waals surface area contributed by atoms with Crippen LogP contribution < -0.4 is 4.72 Å². The number of carbonyl (C=O) groups is 1. The Morgan fingerprint density at radius 3 is 2.61 bits per heavy atom. The summed E-state index contributed by atoms with van der Waals surface area (Å²) in [6, 6.07) is 6.45. The molecule has 7 heteroatoms. The number of carboxylic acids is 1. The molecule has 1 atom stereocenters. The molecule has 0 heterocycles. The highest BCUT2D eigenvalue weighted by Gasteiger charge is 2.18. The third-order valence-electron chi connectivity index (χ3n) is 2.42. The van der Waals surface area contributed by atoms with Crippen LogP contribution in [-0.4, -0.2) is 26.0 Å². The summed E-state index contributed by atoms with van der Waals surface area (Å²) in [6.07, 6.45) is 0.249. The highest BCUT2D eigenvalue weighted by molar-refractivity contribution is 9.10. The zero-order chi connectivity index (χ0) is 13.8. The van der Waals surface area contributed by atoms with Crippen LogP contribution >= 0.6 is 15.9 Å². The van der Waals surface area contributed by atoms with E-state index in [9.17, 15) is 13.2 Å². The molecule has 0 aliphatic carbocycles. The van der Waals surface area contributed by atoms with Crippen molar-refractivity contribution in [2.75, 3.05) is 6.54 Å². The molecule has 1 rings (SSSR count). The number of benzene rings is 1. The van der Waals surface area contributed by atoms with E-state index in [4.69, 9.17) is 5.11 Å². The van der Waals surface area contributed by atoms with Crippen LogP contribution in [0.4, 0.5) is 0 Å². The van der Waals surface area contributed by atoms with Gasteiger partial charge < -0.3 is 5.11 Å². The van der Waals surface area contributed by atoms with Crippen molar-refractivity contribution in [2.24, 2.45) is 5.92 Å². The van der Waals surface area contributed by atoms with E-state index in [1.807, 2.05) is 0 Å². The van der Waals surface area contributed by atoms with Crippen LogP contribution in [0.3, 0.4) is 0 Å². The number of nitrogens with one attached hydrogen (secondary N) is 1. The Balaban J connectivity index is 2.67. The molecule has 5 nitrogen and oxygen atoms in total. The molecule has 0 aliphatic heterocycles. The van der Waals surface area contributed by atoms with E-state index in [0.717, 1.165) is 0 Å². The van der Waals surface area contributed by atoms with Crippen LogP contribution in [0.15, 0.2) is 33.6 Å². The van der Waals surface area contributed by atoms with Gasteiger partial charge in [0, 0.05) is 11.0 Å². The molecule has 0 saturated heterocycles. The third-order valence-corrected chi connectivity index (χ3v) is 4.89. The molecule has 0 aromatic heterocycles. The predicted molar refractivity (Wildman–Crippen MR) is 70.7 cm³/mol. The molecule has 0 amide bonds. The van der Waals surface area contributed by atoms with Crippen molar-refractivity contribution in [3.63, 3.8) is 0 Å². The summed E-state index contributed by atoms with van der Waals surface area (Å²) in [6.45, 7) is 1.63. The first-order valence-corrected chi connectivity index (χ1v) is 7.59. The lowest BCUT2D eigenvalue weighted by atomic mass is 10.1. The van der Waals surface area contributed by atoms with Gasteiger partial charge in [-0.1, -0.05) is 19.1 Å². The van der Waals surface area contributed by atoms with Gasteiger partial charge in [0.25, 0.3) is 0 Å². The summed E-state index contributed by atoms with van der Waals surface area (Å²) in [5.41, 5.74) is 0. The Labute approximate surface area is 114 Å². The maximum atomic E-state index is 11.9. The summed E-state index contributed by atoms with van der Waals surface area (Å²) >= 11 is 3.16. The molecular weight excluding hydrogens is 322 g/mol. The quantitative estimate of drug-likeness (QED) is 0.830. The van der Waals surface area contributed by atoms with Crippen LogP contribution in [0.5, 0.6) is 0 Å². The number of halogens is 1. The van der Waals surface area contributed by atoms with Gasteiger partial charge in [0.05, 0.1) is 10.8 Å². The van der Waals surface area contributed by atoms with E-state index in [0.29, 0.717) is 4.47 Å². The fourth-order valence-electron chi connectivity index (χ4n) is 1.27. The number of hydrogen-bond donors (Lipinski definition) is 2. The fraction of sp³-hybridized carbons (Fsp3) is 0.364. The summed E-state index contributed by atoms with van der Waals surface area (Å²) < 4.78 is 26.7. The normalized spacial score (nSPS) is 13.2. The molecule has 1 aromatic carbocycles. The van der Waals surface area contributed by atoms with Gasteiger partial charge in [-0.25, -0.2) is 13.1 Å². The number of rotatable bonds is 6. The van der Waals surface area contributed by atoms with E-state index < -0.39 is 21.9 Å². The summed E-state index contributed by atoms with van der Waals surface area (Å²) in [4.78, 5) is 10.7. The Morgan fingerprint density at radius 1 is 1.44 bits per heavy atom. The Morgan fingerprint density at radius 2 is 2.06 bits per heavy atom. The van der Waals surface area contributed by atoms with Crippen molar-refractivity contribution in [1.29, 1.82) is 0 Å². The molecule has 0 bridgehead atoms. The van der Waals surface area contributed by atoms with Crippen molar-refractivity contribution < 1.29 is 18.3 Å². The predicted octanol–water partition coefficient (Wildman–Crippen LogP) is 1.84. The Kier molecular flexibility index (Phi) is 5.30. The van der Waals surface area contributed by atoms with E-state index >= 15 is 0 Å². The average Bonchev–Trinajstić information content (AvgIpc) is 2.28. The maximum absolute atomic E-state index is 11.9. The second kappa shape index (κ2) is 6.31. The van der Waals surface area contributed by atoms with Crippen molar-refractivity contribution in [3.8, 4) is 0 Å². The molecule has 1 aromatic rings. The minimum absolute atomic E-state index is 0.0944. The fourth-order valence-corrected chi connectivity index (χ4v) is 3.32.